The first kappa shape index (κ1) is 13.3. The van der Waals surface area contributed by atoms with Gasteiger partial charge in [-0.15, -0.1) is 0 Å². The van der Waals surface area contributed by atoms with Gasteiger partial charge in [0, 0.05) is 17.8 Å². The van der Waals surface area contributed by atoms with E-state index in [1.54, 1.807) is 26.5 Å². The van der Waals surface area contributed by atoms with E-state index in [0.29, 0.717) is 11.6 Å². The molecule has 5 nitrogen and oxygen atoms in total. The summed E-state index contributed by atoms with van der Waals surface area (Å²) < 4.78 is 10.6. The third-order valence-corrected chi connectivity index (χ3v) is 2.83. The lowest BCUT2D eigenvalue weighted by molar-refractivity contribution is 0.271. The van der Waals surface area contributed by atoms with Crippen LogP contribution in [0, 0.1) is 6.92 Å². The Kier molecular flexibility index (Phi) is 3.97. The summed E-state index contributed by atoms with van der Waals surface area (Å²) in [6.45, 7) is 1.77. The van der Waals surface area contributed by atoms with Gasteiger partial charge in [-0.05, 0) is 24.6 Å². The van der Waals surface area contributed by atoms with E-state index in [4.69, 9.17) is 14.6 Å². The zero-order valence-corrected chi connectivity index (χ0v) is 11.2. The van der Waals surface area contributed by atoms with Crippen LogP contribution in [0.2, 0.25) is 0 Å². The normalized spacial score (nSPS) is 10.3. The standard InChI is InChI=1S/C14H16N2O3/c1-9-6-10(18-2)7-12(19-3)14(9)11-4-5-15-13(8-17)16-11/h4-7,17H,8H2,1-3H3. The van der Waals surface area contributed by atoms with Gasteiger partial charge in [0.15, 0.2) is 5.82 Å². The molecular weight excluding hydrogens is 244 g/mol. The van der Waals surface area contributed by atoms with Crippen LogP contribution in [0.4, 0.5) is 0 Å². The van der Waals surface area contributed by atoms with Crippen LogP contribution >= 0.6 is 0 Å². The maximum Gasteiger partial charge on any atom is 0.154 e. The average molecular weight is 260 g/mol. The van der Waals surface area contributed by atoms with Gasteiger partial charge in [0.1, 0.15) is 18.1 Å². The molecule has 1 heterocycles. The molecule has 2 aromatic rings. The molecule has 0 radical (unpaired) electrons. The number of methoxy groups -OCH3 is 2. The van der Waals surface area contributed by atoms with Crippen LogP contribution in [0.25, 0.3) is 11.3 Å². The van der Waals surface area contributed by atoms with E-state index in [-0.39, 0.29) is 6.61 Å². The predicted octanol–water partition coefficient (Wildman–Crippen LogP) is 1.96. The first-order chi connectivity index (χ1) is 9.19. The largest absolute Gasteiger partial charge is 0.497 e. The molecule has 0 fully saturated rings. The van der Waals surface area contributed by atoms with Crippen molar-refractivity contribution in [1.82, 2.24) is 9.97 Å². The van der Waals surface area contributed by atoms with Gasteiger partial charge >= 0.3 is 0 Å². The predicted molar refractivity (Wildman–Crippen MR) is 71.2 cm³/mol. The average Bonchev–Trinajstić information content (AvgIpc) is 2.46. The first-order valence-electron chi connectivity index (χ1n) is 5.85. The molecule has 100 valence electrons. The van der Waals surface area contributed by atoms with Crippen LogP contribution in [0.1, 0.15) is 11.4 Å². The van der Waals surface area contributed by atoms with E-state index < -0.39 is 0 Å². The Morgan fingerprint density at radius 2 is 2.00 bits per heavy atom. The van der Waals surface area contributed by atoms with E-state index in [1.165, 1.54) is 0 Å². The topological polar surface area (TPSA) is 64.5 Å². The van der Waals surface area contributed by atoms with Crippen molar-refractivity contribution in [3.05, 3.63) is 35.8 Å². The van der Waals surface area contributed by atoms with Gasteiger partial charge in [-0.3, -0.25) is 0 Å². The molecule has 0 aliphatic carbocycles. The van der Waals surface area contributed by atoms with Gasteiger partial charge in [-0.25, -0.2) is 9.97 Å². The second-order valence-electron chi connectivity index (χ2n) is 4.04. The third-order valence-electron chi connectivity index (χ3n) is 2.83. The van der Waals surface area contributed by atoms with Crippen LogP contribution in [-0.2, 0) is 6.61 Å². The van der Waals surface area contributed by atoms with Crippen molar-refractivity contribution in [2.75, 3.05) is 14.2 Å². The number of rotatable bonds is 4. The van der Waals surface area contributed by atoms with Crippen molar-refractivity contribution in [2.24, 2.45) is 0 Å². The van der Waals surface area contributed by atoms with Crippen LogP contribution in [0.15, 0.2) is 24.4 Å². The highest BCUT2D eigenvalue weighted by atomic mass is 16.5. The minimum atomic E-state index is -0.189. The van der Waals surface area contributed by atoms with Gasteiger partial charge in [0.05, 0.1) is 19.9 Å². The summed E-state index contributed by atoms with van der Waals surface area (Å²) in [5.74, 6) is 1.80. The number of aromatic nitrogens is 2. The molecule has 0 unspecified atom stereocenters. The molecule has 0 saturated carbocycles. The van der Waals surface area contributed by atoms with Crippen LogP contribution in [0.3, 0.4) is 0 Å². The van der Waals surface area contributed by atoms with Crippen molar-refractivity contribution in [3.63, 3.8) is 0 Å². The number of aliphatic hydroxyl groups excluding tert-OH is 1. The number of aliphatic hydroxyl groups is 1. The smallest absolute Gasteiger partial charge is 0.154 e. The van der Waals surface area contributed by atoms with Crippen molar-refractivity contribution < 1.29 is 14.6 Å². The second kappa shape index (κ2) is 5.67. The molecular formula is C14H16N2O3. The summed E-state index contributed by atoms with van der Waals surface area (Å²) >= 11 is 0. The van der Waals surface area contributed by atoms with Crippen LogP contribution < -0.4 is 9.47 Å². The molecule has 0 spiro atoms. The highest BCUT2D eigenvalue weighted by Crippen LogP contribution is 2.35. The third kappa shape index (κ3) is 2.66. The van der Waals surface area contributed by atoms with E-state index in [1.807, 2.05) is 19.1 Å². The van der Waals surface area contributed by atoms with Crippen molar-refractivity contribution in [1.29, 1.82) is 0 Å². The van der Waals surface area contributed by atoms with Gasteiger partial charge in [0.25, 0.3) is 0 Å². The minimum absolute atomic E-state index is 0.189. The molecule has 1 aromatic carbocycles. The molecule has 1 N–H and O–H groups in total. The van der Waals surface area contributed by atoms with E-state index >= 15 is 0 Å². The summed E-state index contributed by atoms with van der Waals surface area (Å²) in [4.78, 5) is 8.28. The molecule has 0 aliphatic rings. The van der Waals surface area contributed by atoms with Crippen molar-refractivity contribution >= 4 is 0 Å². The lowest BCUT2D eigenvalue weighted by Crippen LogP contribution is -1.99. The van der Waals surface area contributed by atoms with E-state index in [0.717, 1.165) is 22.6 Å². The Morgan fingerprint density at radius 1 is 1.21 bits per heavy atom. The summed E-state index contributed by atoms with van der Waals surface area (Å²) in [6.07, 6.45) is 1.62. The van der Waals surface area contributed by atoms with Gasteiger partial charge in [-0.1, -0.05) is 0 Å². The zero-order valence-electron chi connectivity index (χ0n) is 11.2. The highest BCUT2D eigenvalue weighted by molar-refractivity contribution is 5.72. The lowest BCUT2D eigenvalue weighted by atomic mass is 10.0. The lowest BCUT2D eigenvalue weighted by Gasteiger charge is -2.13. The fourth-order valence-corrected chi connectivity index (χ4v) is 1.94. The monoisotopic (exact) mass is 260 g/mol. The molecule has 2 rings (SSSR count). The summed E-state index contributed by atoms with van der Waals surface area (Å²) in [5.41, 5.74) is 2.58. The zero-order chi connectivity index (χ0) is 13.8. The van der Waals surface area contributed by atoms with Crippen LogP contribution in [-0.4, -0.2) is 29.3 Å². The molecule has 19 heavy (non-hydrogen) atoms. The van der Waals surface area contributed by atoms with Gasteiger partial charge in [-0.2, -0.15) is 0 Å². The number of nitrogens with zero attached hydrogens (tertiary/aromatic N) is 2. The Labute approximate surface area is 111 Å². The summed E-state index contributed by atoms with van der Waals surface area (Å²) in [7, 11) is 3.22. The molecule has 1 aromatic heterocycles. The molecule has 0 saturated heterocycles. The summed E-state index contributed by atoms with van der Waals surface area (Å²) in [5, 5.41) is 9.11. The first-order valence-corrected chi connectivity index (χ1v) is 5.85. The van der Waals surface area contributed by atoms with E-state index in [2.05, 4.69) is 9.97 Å². The SMILES string of the molecule is COc1cc(C)c(-c2ccnc(CO)n2)c(OC)c1. The van der Waals surface area contributed by atoms with Crippen LogP contribution in [0.5, 0.6) is 11.5 Å². The van der Waals surface area contributed by atoms with E-state index in [9.17, 15) is 0 Å². The number of ether oxygens (including phenoxy) is 2. The quantitative estimate of drug-likeness (QED) is 0.910. The van der Waals surface area contributed by atoms with Crippen molar-refractivity contribution in [2.45, 2.75) is 13.5 Å². The summed E-state index contributed by atoms with van der Waals surface area (Å²) in [6, 6.07) is 5.51. The maximum atomic E-state index is 9.11. The Bertz CT molecular complexity index is 585. The number of hydrogen-bond acceptors (Lipinski definition) is 5. The van der Waals surface area contributed by atoms with Gasteiger partial charge < -0.3 is 14.6 Å². The van der Waals surface area contributed by atoms with Crippen molar-refractivity contribution in [3.8, 4) is 22.8 Å². The number of benzene rings is 1. The molecule has 0 bridgehead atoms. The Morgan fingerprint density at radius 3 is 2.63 bits per heavy atom. The fourth-order valence-electron chi connectivity index (χ4n) is 1.94. The number of aryl methyl sites for hydroxylation is 1. The maximum absolute atomic E-state index is 9.11. The minimum Gasteiger partial charge on any atom is -0.497 e. The fraction of sp³-hybridized carbons (Fsp3) is 0.286. The number of hydrogen-bond donors (Lipinski definition) is 1. The molecule has 0 atom stereocenters. The highest BCUT2D eigenvalue weighted by Gasteiger charge is 2.13. The van der Waals surface area contributed by atoms with Gasteiger partial charge in [0.2, 0.25) is 0 Å². The Hall–Kier alpha value is -2.14. The molecule has 0 aliphatic heterocycles. The molecule has 0 amide bonds. The second-order valence-corrected chi connectivity index (χ2v) is 4.04. The Balaban J connectivity index is 2.60. The molecule has 5 heteroatoms.